The van der Waals surface area contributed by atoms with Crippen molar-refractivity contribution >= 4 is 61.0 Å². The van der Waals surface area contributed by atoms with Crippen LogP contribution in [-0.2, 0) is 16.1 Å². The van der Waals surface area contributed by atoms with Crippen molar-refractivity contribution in [1.29, 1.82) is 0 Å². The summed E-state index contributed by atoms with van der Waals surface area (Å²) < 4.78 is 21.7. The second-order valence-electron chi connectivity index (χ2n) is 10.5. The van der Waals surface area contributed by atoms with Gasteiger partial charge in [-0.1, -0.05) is 17.7 Å². The van der Waals surface area contributed by atoms with Gasteiger partial charge in [0, 0.05) is 60.9 Å². The van der Waals surface area contributed by atoms with Crippen LogP contribution >= 0.6 is 22.9 Å². The lowest BCUT2D eigenvalue weighted by atomic mass is 10.1. The fourth-order valence-electron chi connectivity index (χ4n) is 5.26. The molecule has 0 amide bonds. The Balaban J connectivity index is 1.26. The topological polar surface area (TPSA) is 102 Å². The maximum atomic E-state index is 13.7. The van der Waals surface area contributed by atoms with Crippen LogP contribution in [0.2, 0.25) is 5.02 Å². The van der Waals surface area contributed by atoms with E-state index in [2.05, 4.69) is 38.1 Å². The zero-order valence-corrected chi connectivity index (χ0v) is 26.2. The van der Waals surface area contributed by atoms with Gasteiger partial charge in [0.05, 0.1) is 11.7 Å². The summed E-state index contributed by atoms with van der Waals surface area (Å²) in [5.41, 5.74) is 3.63. The van der Waals surface area contributed by atoms with Gasteiger partial charge in [-0.3, -0.25) is 18.6 Å². The van der Waals surface area contributed by atoms with Gasteiger partial charge in [-0.05, 0) is 81.7 Å². The first kappa shape index (κ1) is 29.3. The highest BCUT2D eigenvalue weighted by molar-refractivity contribution is 8.02. The average Bonchev–Trinajstić information content (AvgIpc) is 3.55. The van der Waals surface area contributed by atoms with Crippen LogP contribution in [0.3, 0.4) is 0 Å². The van der Waals surface area contributed by atoms with Crippen molar-refractivity contribution in [3.63, 3.8) is 0 Å². The lowest BCUT2D eigenvalue weighted by molar-refractivity contribution is 0.104. The number of likely N-dealkylation sites (N-methyl/N-ethyl adjacent to an activating group) is 1. The average molecular weight is 635 g/mol. The van der Waals surface area contributed by atoms with Crippen LogP contribution in [0.1, 0.15) is 19.8 Å². The molecule has 2 atom stereocenters. The van der Waals surface area contributed by atoms with Crippen LogP contribution in [0.15, 0.2) is 80.3 Å². The predicted octanol–water partition coefficient (Wildman–Crippen LogP) is 5.94. The molecule has 1 aliphatic heterocycles. The van der Waals surface area contributed by atoms with E-state index in [4.69, 9.17) is 16.3 Å². The zero-order valence-electron chi connectivity index (χ0n) is 23.8. The van der Waals surface area contributed by atoms with Crippen LogP contribution in [-0.4, -0.2) is 60.7 Å². The summed E-state index contributed by atoms with van der Waals surface area (Å²) in [5.74, 6) is 5.12. The fraction of sp³-hybridized carbons (Fsp3) is 0.258. The van der Waals surface area contributed by atoms with E-state index in [-0.39, 0.29) is 11.7 Å². The Bertz CT molecular complexity index is 1940. The molecular weight excluding hydrogens is 604 g/mol. The van der Waals surface area contributed by atoms with Crippen LogP contribution in [0, 0.1) is 0 Å². The smallest absolute Gasteiger partial charge is 0.260 e. The molecule has 43 heavy (non-hydrogen) atoms. The second-order valence-corrected chi connectivity index (χ2v) is 14.3. The van der Waals surface area contributed by atoms with E-state index in [1.807, 2.05) is 31.2 Å². The number of benzene rings is 2. The first-order chi connectivity index (χ1) is 20.7. The summed E-state index contributed by atoms with van der Waals surface area (Å²) in [6.07, 6.45) is 5.62. The van der Waals surface area contributed by atoms with Crippen molar-refractivity contribution < 1.29 is 8.95 Å². The van der Waals surface area contributed by atoms with Crippen molar-refractivity contribution in [2.24, 2.45) is 0 Å². The summed E-state index contributed by atoms with van der Waals surface area (Å²) in [5, 5.41) is 4.23. The number of rotatable bonds is 8. The highest BCUT2D eigenvalue weighted by Gasteiger charge is 2.20. The van der Waals surface area contributed by atoms with Crippen LogP contribution < -0.4 is 15.6 Å². The maximum absolute atomic E-state index is 13.7. The SMILES string of the molecule is C=S(=O)(c1ccc(-c2cc3cnc(Nc4ccc(OC5CCCN(C)C5)cc4)nc3n(CC)c2=O)c(Cl)c1)c1cncs1. The van der Waals surface area contributed by atoms with Gasteiger partial charge in [0.2, 0.25) is 5.95 Å². The fourth-order valence-corrected chi connectivity index (χ4v) is 8.06. The molecule has 222 valence electrons. The number of nitrogens with zero attached hydrogens (tertiary/aromatic N) is 5. The number of hydrogen-bond acceptors (Lipinski definition) is 9. The molecule has 0 saturated carbocycles. The number of halogens is 1. The second kappa shape index (κ2) is 12.1. The van der Waals surface area contributed by atoms with E-state index >= 15 is 0 Å². The van der Waals surface area contributed by atoms with Gasteiger partial charge in [0.15, 0.2) is 0 Å². The van der Waals surface area contributed by atoms with E-state index in [0.29, 0.717) is 48.8 Å². The quantitative estimate of drug-likeness (QED) is 0.209. The minimum atomic E-state index is -2.76. The number of likely N-dealkylation sites (tertiary alicyclic amines) is 1. The minimum Gasteiger partial charge on any atom is -0.489 e. The molecule has 0 bridgehead atoms. The van der Waals surface area contributed by atoms with E-state index in [1.165, 1.54) is 11.3 Å². The lowest BCUT2D eigenvalue weighted by Crippen LogP contribution is -2.38. The van der Waals surface area contributed by atoms with Gasteiger partial charge < -0.3 is 15.0 Å². The van der Waals surface area contributed by atoms with Gasteiger partial charge >= 0.3 is 0 Å². The third-order valence-electron chi connectivity index (χ3n) is 7.48. The Morgan fingerprint density at radius 1 is 1.16 bits per heavy atom. The third-order valence-corrected chi connectivity index (χ3v) is 11.2. The monoisotopic (exact) mass is 634 g/mol. The van der Waals surface area contributed by atoms with Crippen molar-refractivity contribution in [2.45, 2.75) is 41.5 Å². The third kappa shape index (κ3) is 6.03. The molecule has 9 nitrogen and oxygen atoms in total. The summed E-state index contributed by atoms with van der Waals surface area (Å²) in [4.78, 5) is 29.6. The lowest BCUT2D eigenvalue weighted by Gasteiger charge is -2.30. The van der Waals surface area contributed by atoms with Crippen molar-refractivity contribution in [2.75, 3.05) is 25.5 Å². The van der Waals surface area contributed by atoms with Crippen LogP contribution in [0.4, 0.5) is 11.6 Å². The summed E-state index contributed by atoms with van der Waals surface area (Å²) in [6, 6.07) is 14.5. The summed E-state index contributed by atoms with van der Waals surface area (Å²) in [6.45, 7) is 4.32. The Morgan fingerprint density at radius 3 is 2.67 bits per heavy atom. The highest BCUT2D eigenvalue weighted by atomic mass is 35.5. The molecule has 0 aliphatic carbocycles. The van der Waals surface area contributed by atoms with Gasteiger partial charge in [-0.15, -0.1) is 11.3 Å². The number of thiazole rings is 1. The first-order valence-corrected chi connectivity index (χ1v) is 16.9. The van der Waals surface area contributed by atoms with Crippen molar-refractivity contribution in [3.05, 3.63) is 81.8 Å². The molecule has 0 radical (unpaired) electrons. The van der Waals surface area contributed by atoms with Gasteiger partial charge in [0.25, 0.3) is 5.56 Å². The van der Waals surface area contributed by atoms with Crippen molar-refractivity contribution in [3.8, 4) is 16.9 Å². The number of piperidine rings is 1. The van der Waals surface area contributed by atoms with Crippen LogP contribution in [0.5, 0.6) is 5.75 Å². The van der Waals surface area contributed by atoms with E-state index in [0.717, 1.165) is 37.4 Å². The van der Waals surface area contributed by atoms with Crippen LogP contribution in [0.25, 0.3) is 22.2 Å². The van der Waals surface area contributed by atoms with E-state index < -0.39 is 9.52 Å². The number of aromatic nitrogens is 4. The molecule has 5 aromatic rings. The van der Waals surface area contributed by atoms with Gasteiger partial charge in [0.1, 0.15) is 21.7 Å². The molecule has 12 heteroatoms. The minimum absolute atomic E-state index is 0.193. The Kier molecular flexibility index (Phi) is 8.23. The molecule has 0 spiro atoms. The number of anilines is 2. The van der Waals surface area contributed by atoms with Gasteiger partial charge in [-0.2, -0.15) is 4.98 Å². The van der Waals surface area contributed by atoms with E-state index in [1.54, 1.807) is 46.7 Å². The number of fused-ring (bicyclic) bond motifs is 1. The van der Waals surface area contributed by atoms with Crippen molar-refractivity contribution in [1.82, 2.24) is 24.4 Å². The molecule has 4 heterocycles. The number of nitrogens with one attached hydrogen (secondary N) is 1. The Hall–Kier alpha value is -3.77. The normalized spacial score (nSPS) is 17.0. The number of aryl methyl sites for hydroxylation is 1. The molecule has 1 fully saturated rings. The standard InChI is InChI=1S/C31H31ClN6O3S2/c1-4-38-29-20(14-26(30(38)39)25-12-11-24(15-27(25)32)43(3,40)28-17-33-19-42-28)16-34-31(36-29)35-21-7-9-22(10-8-21)41-23-6-5-13-37(2)18-23/h7-12,14-17,19,23H,3-6,13,18H2,1-2H3,(H,34,35,36). The number of hydrogen-bond donors (Lipinski definition) is 1. The number of pyridine rings is 1. The summed E-state index contributed by atoms with van der Waals surface area (Å²) >= 11 is 7.95. The molecule has 1 N–H and O–H groups in total. The first-order valence-electron chi connectivity index (χ1n) is 13.9. The Morgan fingerprint density at radius 2 is 1.98 bits per heavy atom. The molecular formula is C31H31ClN6O3S2. The molecule has 1 saturated heterocycles. The highest BCUT2D eigenvalue weighted by Crippen LogP contribution is 2.33. The predicted molar refractivity (Wildman–Crippen MR) is 175 cm³/mol. The van der Waals surface area contributed by atoms with Gasteiger partial charge in [-0.25, -0.2) is 4.98 Å². The van der Waals surface area contributed by atoms with E-state index in [9.17, 15) is 9.00 Å². The molecule has 1 aliphatic rings. The molecule has 3 aromatic heterocycles. The zero-order chi connectivity index (χ0) is 30.1. The number of ether oxygens (including phenoxy) is 1. The Labute approximate surface area is 259 Å². The maximum Gasteiger partial charge on any atom is 0.260 e. The summed E-state index contributed by atoms with van der Waals surface area (Å²) in [7, 11) is -0.647. The largest absolute Gasteiger partial charge is 0.489 e. The molecule has 2 unspecified atom stereocenters. The molecule has 2 aromatic carbocycles. The molecule has 6 rings (SSSR count).